The van der Waals surface area contributed by atoms with Gasteiger partial charge < -0.3 is 20.5 Å². The summed E-state index contributed by atoms with van der Waals surface area (Å²) >= 11 is 6.41. The molecule has 2 aliphatic rings. The molecule has 0 spiro atoms. The lowest BCUT2D eigenvalue weighted by Gasteiger charge is -2.42. The Labute approximate surface area is 206 Å². The summed E-state index contributed by atoms with van der Waals surface area (Å²) in [7, 11) is 0. The maximum Gasteiger partial charge on any atom is 0.373 e. The molecule has 180 valence electrons. The van der Waals surface area contributed by atoms with Gasteiger partial charge in [0.1, 0.15) is 0 Å². The molecule has 34 heavy (non-hydrogen) atoms. The zero-order valence-electron chi connectivity index (χ0n) is 19.8. The van der Waals surface area contributed by atoms with Crippen molar-refractivity contribution in [2.45, 2.75) is 44.9 Å². The van der Waals surface area contributed by atoms with Gasteiger partial charge in [-0.25, -0.2) is 5.41 Å². The molecule has 4 rings (SSSR count). The van der Waals surface area contributed by atoms with Gasteiger partial charge in [-0.05, 0) is 55.5 Å². The molecule has 1 saturated heterocycles. The van der Waals surface area contributed by atoms with Crippen molar-refractivity contribution in [2.24, 2.45) is 10.7 Å². The molecule has 2 aromatic carbocycles. The van der Waals surface area contributed by atoms with E-state index in [0.717, 1.165) is 48.6 Å². The van der Waals surface area contributed by atoms with E-state index in [2.05, 4.69) is 40.4 Å². The maximum absolute atomic E-state index is 10.0. The van der Waals surface area contributed by atoms with E-state index >= 15 is 0 Å². The molecule has 1 heterocycles. The van der Waals surface area contributed by atoms with Crippen LogP contribution < -0.4 is 11.1 Å². The Morgan fingerprint density at radius 1 is 1.29 bits per heavy atom. The average Bonchev–Trinajstić information content (AvgIpc) is 3.56. The highest BCUT2D eigenvalue weighted by atomic mass is 35.5. The van der Waals surface area contributed by atoms with Gasteiger partial charge in [-0.2, -0.15) is 4.99 Å². The summed E-state index contributed by atoms with van der Waals surface area (Å²) < 4.78 is 5.36. The predicted molar refractivity (Wildman–Crippen MR) is 137 cm³/mol. The van der Waals surface area contributed by atoms with Crippen molar-refractivity contribution in [3.05, 3.63) is 70.8 Å². The minimum absolute atomic E-state index is 0.0161. The van der Waals surface area contributed by atoms with E-state index in [1.54, 1.807) is 6.07 Å². The topological polar surface area (TPSA) is 99.9 Å². The number of rotatable bonds is 6. The lowest BCUT2D eigenvalue weighted by Crippen LogP contribution is -2.51. The minimum Gasteiger partial charge on any atom is -0.376 e. The average molecular weight is 483 g/mol. The number of aliphatic hydroxyl groups is 1. The molecule has 0 bridgehead atoms. The number of nitrogens with zero attached hydrogens (tertiary/aromatic N) is 3. The third-order valence-electron chi connectivity index (χ3n) is 6.64. The standard InChI is InChI=1S/C26H32ClN5O2/c1-17-15-31(11-12-32(17)19(3)20-7-5-4-6-8-20)16-21-13-22(27)14-23(18(21)2)30-25(29)34-24(28)26(33)9-10-26/h4-8,13-14,17,28,33H,3,9-12,15-16H2,1-2H3,(H2,29,30)/p+1/t17-/m0/s1. The van der Waals surface area contributed by atoms with Crippen molar-refractivity contribution in [3.8, 4) is 0 Å². The molecule has 0 aromatic heterocycles. The molecule has 5 N–H and O–H groups in total. The third-order valence-corrected chi connectivity index (χ3v) is 6.86. The van der Waals surface area contributed by atoms with Crippen LogP contribution in [0.25, 0.3) is 5.70 Å². The van der Waals surface area contributed by atoms with E-state index < -0.39 is 5.60 Å². The summed E-state index contributed by atoms with van der Waals surface area (Å²) in [5.74, 6) is -0.0161. The summed E-state index contributed by atoms with van der Waals surface area (Å²) in [5.41, 5.74) is 9.76. The number of amidine groups is 1. The van der Waals surface area contributed by atoms with Gasteiger partial charge >= 0.3 is 5.90 Å². The van der Waals surface area contributed by atoms with E-state index in [0.29, 0.717) is 29.6 Å². The fourth-order valence-electron chi connectivity index (χ4n) is 4.33. The highest BCUT2D eigenvalue weighted by Crippen LogP contribution is 2.35. The maximum atomic E-state index is 10.0. The Bertz CT molecular complexity index is 1110. The molecule has 1 saturated carbocycles. The van der Waals surface area contributed by atoms with Crippen LogP contribution in [-0.4, -0.2) is 58.1 Å². The Hall–Kier alpha value is -2.87. The van der Waals surface area contributed by atoms with Gasteiger partial charge in [0.15, 0.2) is 5.60 Å². The summed E-state index contributed by atoms with van der Waals surface area (Å²) in [6, 6.07) is 14.2. The first kappa shape index (κ1) is 24.3. The lowest BCUT2D eigenvalue weighted by molar-refractivity contribution is -0.147. The smallest absolute Gasteiger partial charge is 0.373 e. The Balaban J connectivity index is 1.43. The number of halogens is 1. The van der Waals surface area contributed by atoms with Crippen LogP contribution in [0.3, 0.4) is 0 Å². The Morgan fingerprint density at radius 2 is 2.00 bits per heavy atom. The van der Waals surface area contributed by atoms with Gasteiger partial charge in [-0.1, -0.05) is 48.5 Å². The molecule has 1 atom stereocenters. The van der Waals surface area contributed by atoms with Crippen LogP contribution in [0.5, 0.6) is 0 Å². The highest BCUT2D eigenvalue weighted by Gasteiger charge is 2.51. The third kappa shape index (κ3) is 5.43. The fourth-order valence-corrected chi connectivity index (χ4v) is 4.56. The van der Waals surface area contributed by atoms with Crippen molar-refractivity contribution in [1.82, 2.24) is 9.80 Å². The second kappa shape index (κ2) is 9.78. The molecule has 8 heteroatoms. The van der Waals surface area contributed by atoms with E-state index in [9.17, 15) is 5.11 Å². The summed E-state index contributed by atoms with van der Waals surface area (Å²) in [5, 5.41) is 16.4. The molecule has 2 aromatic rings. The van der Waals surface area contributed by atoms with Crippen molar-refractivity contribution in [3.63, 3.8) is 0 Å². The van der Waals surface area contributed by atoms with Gasteiger partial charge in [0.2, 0.25) is 0 Å². The summed E-state index contributed by atoms with van der Waals surface area (Å²) in [4.78, 5) is 9.17. The fraction of sp³-hybridized carbons (Fsp3) is 0.385. The van der Waals surface area contributed by atoms with Crippen molar-refractivity contribution in [1.29, 1.82) is 0 Å². The Kier molecular flexibility index (Phi) is 6.98. The van der Waals surface area contributed by atoms with Crippen molar-refractivity contribution >= 4 is 34.9 Å². The van der Waals surface area contributed by atoms with E-state index in [4.69, 9.17) is 27.5 Å². The molecule has 1 aliphatic carbocycles. The summed E-state index contributed by atoms with van der Waals surface area (Å²) in [6.45, 7) is 12.0. The number of aliphatic imine (C=N–C) groups is 1. The minimum atomic E-state index is -1.08. The molecule has 2 fully saturated rings. The highest BCUT2D eigenvalue weighted by molar-refractivity contribution is 6.31. The van der Waals surface area contributed by atoms with Crippen molar-refractivity contribution < 1.29 is 15.3 Å². The number of piperazine rings is 1. The van der Waals surface area contributed by atoms with Gasteiger partial charge in [-0.15, -0.1) is 0 Å². The van der Waals surface area contributed by atoms with Crippen LogP contribution in [-0.2, 0) is 11.3 Å². The molecular weight excluding hydrogens is 450 g/mol. The van der Waals surface area contributed by atoms with Crippen LogP contribution in [0.4, 0.5) is 5.69 Å². The quantitative estimate of drug-likeness (QED) is 0.434. The van der Waals surface area contributed by atoms with Crippen molar-refractivity contribution in [2.75, 3.05) is 19.6 Å². The van der Waals surface area contributed by atoms with E-state index in [1.807, 2.05) is 31.2 Å². The van der Waals surface area contributed by atoms with Crippen LogP contribution in [0, 0.1) is 6.92 Å². The number of hydrogen-bond donors (Lipinski definition) is 3. The molecule has 0 radical (unpaired) electrons. The second-order valence-corrected chi connectivity index (χ2v) is 9.68. The van der Waals surface area contributed by atoms with Crippen LogP contribution >= 0.6 is 11.6 Å². The van der Waals surface area contributed by atoms with E-state index in [-0.39, 0.29) is 11.9 Å². The normalized spacial score (nSPS) is 20.2. The van der Waals surface area contributed by atoms with Crippen LogP contribution in [0.2, 0.25) is 5.02 Å². The number of nitrogens with two attached hydrogens (primary N) is 2. The van der Waals surface area contributed by atoms with E-state index in [1.165, 1.54) is 0 Å². The van der Waals surface area contributed by atoms with Gasteiger partial charge in [0.05, 0.1) is 5.69 Å². The number of hydrogen-bond acceptors (Lipinski definition) is 5. The first-order chi connectivity index (χ1) is 16.2. The molecule has 1 aliphatic heterocycles. The predicted octanol–water partition coefficient (Wildman–Crippen LogP) is 2.47. The SMILES string of the molecule is C=C(c1ccccc1)N1CCN(Cc2cc(Cl)cc(N=C(N)OC(=[NH2+])C3(O)CC3)c2C)C[C@@H]1C. The van der Waals surface area contributed by atoms with Gasteiger partial charge in [0.25, 0.3) is 6.02 Å². The molecule has 0 amide bonds. The largest absolute Gasteiger partial charge is 0.376 e. The molecular formula is C26H33ClN5O2+. The zero-order chi connectivity index (χ0) is 24.5. The van der Waals surface area contributed by atoms with Gasteiger partial charge in [0, 0.05) is 42.9 Å². The first-order valence-electron chi connectivity index (χ1n) is 11.6. The molecule has 7 nitrogen and oxygen atoms in total. The number of benzene rings is 2. The van der Waals surface area contributed by atoms with Gasteiger partial charge in [-0.3, -0.25) is 4.90 Å². The van der Waals surface area contributed by atoms with Crippen LogP contribution in [0.1, 0.15) is 36.5 Å². The second-order valence-electron chi connectivity index (χ2n) is 9.25. The monoisotopic (exact) mass is 482 g/mol. The lowest BCUT2D eigenvalue weighted by atomic mass is 10.0. The molecule has 0 unspecified atom stereocenters. The Morgan fingerprint density at radius 3 is 2.65 bits per heavy atom. The zero-order valence-corrected chi connectivity index (χ0v) is 20.6. The summed E-state index contributed by atoms with van der Waals surface area (Å²) in [6.07, 6.45) is 1.13. The number of ether oxygens (including phenoxy) is 1. The first-order valence-corrected chi connectivity index (χ1v) is 11.9. The van der Waals surface area contributed by atoms with Crippen LogP contribution in [0.15, 0.2) is 54.0 Å².